The molecule has 2 atom stereocenters. The van der Waals surface area contributed by atoms with Crippen LogP contribution in [0.4, 0.5) is 0 Å². The zero-order valence-corrected chi connectivity index (χ0v) is 18.6. The molecule has 1 fully saturated rings. The van der Waals surface area contributed by atoms with E-state index in [1.807, 2.05) is 48.5 Å². The van der Waals surface area contributed by atoms with Crippen molar-refractivity contribution in [2.75, 3.05) is 13.7 Å². The van der Waals surface area contributed by atoms with Crippen molar-refractivity contribution in [2.45, 2.75) is 38.5 Å². The van der Waals surface area contributed by atoms with E-state index in [1.165, 1.54) is 4.88 Å². The van der Waals surface area contributed by atoms with Crippen LogP contribution in [0.3, 0.4) is 0 Å². The highest BCUT2D eigenvalue weighted by molar-refractivity contribution is 7.12. The molecule has 162 valence electrons. The molecule has 1 aromatic heterocycles. The van der Waals surface area contributed by atoms with Crippen LogP contribution in [0, 0.1) is 6.92 Å². The fourth-order valence-corrected chi connectivity index (χ4v) is 5.22. The second-order valence-electron chi connectivity index (χ2n) is 7.77. The molecule has 6 heteroatoms. The van der Waals surface area contributed by atoms with Crippen LogP contribution in [-0.2, 0) is 11.4 Å². The van der Waals surface area contributed by atoms with Crippen LogP contribution in [0.25, 0.3) is 0 Å². The summed E-state index contributed by atoms with van der Waals surface area (Å²) in [6.07, 6.45) is 1.55. The van der Waals surface area contributed by atoms with Gasteiger partial charge in [-0.1, -0.05) is 36.4 Å². The lowest BCUT2D eigenvalue weighted by molar-refractivity contribution is -0.142. The molecular weight excluding hydrogens is 410 g/mol. The molecule has 0 bridgehead atoms. The van der Waals surface area contributed by atoms with Gasteiger partial charge in [-0.25, -0.2) is 0 Å². The number of aliphatic carboxylic acids is 1. The third-order valence-electron chi connectivity index (χ3n) is 5.68. The fraction of sp³-hybridized carbons (Fsp3) is 0.320. The number of aryl methyl sites for hydroxylation is 1. The van der Waals surface area contributed by atoms with E-state index in [9.17, 15) is 9.90 Å². The zero-order chi connectivity index (χ0) is 21.8. The molecule has 1 saturated heterocycles. The lowest BCUT2D eigenvalue weighted by atomic mass is 10.0. The average molecular weight is 438 g/mol. The SMILES string of the molecule is COc1cc(C(c2ccc(C)s2)N2CCCC2C(=O)O)ccc1OCc1ccccc1. The molecule has 1 aliphatic rings. The highest BCUT2D eigenvalue weighted by Gasteiger charge is 2.37. The van der Waals surface area contributed by atoms with Gasteiger partial charge in [-0.3, -0.25) is 9.69 Å². The Bertz CT molecular complexity index is 1030. The maximum absolute atomic E-state index is 11.9. The van der Waals surface area contributed by atoms with Crippen LogP contribution < -0.4 is 9.47 Å². The summed E-state index contributed by atoms with van der Waals surface area (Å²) in [4.78, 5) is 16.4. The first-order valence-corrected chi connectivity index (χ1v) is 11.3. The molecule has 0 spiro atoms. The summed E-state index contributed by atoms with van der Waals surface area (Å²) < 4.78 is 11.7. The molecule has 1 aliphatic heterocycles. The Labute approximate surface area is 186 Å². The maximum atomic E-state index is 11.9. The van der Waals surface area contributed by atoms with Gasteiger partial charge in [0.05, 0.1) is 13.2 Å². The van der Waals surface area contributed by atoms with Gasteiger partial charge < -0.3 is 14.6 Å². The van der Waals surface area contributed by atoms with Crippen molar-refractivity contribution in [3.63, 3.8) is 0 Å². The number of hydrogen-bond donors (Lipinski definition) is 1. The molecule has 2 unspecified atom stereocenters. The number of carboxylic acid groups (broad SMARTS) is 1. The van der Waals surface area contributed by atoms with E-state index in [2.05, 4.69) is 24.0 Å². The second kappa shape index (κ2) is 9.54. The molecule has 3 aromatic rings. The number of thiophene rings is 1. The number of rotatable bonds is 8. The van der Waals surface area contributed by atoms with Crippen molar-refractivity contribution in [2.24, 2.45) is 0 Å². The average Bonchev–Trinajstić information content (AvgIpc) is 3.43. The van der Waals surface area contributed by atoms with Gasteiger partial charge in [0.15, 0.2) is 11.5 Å². The fourth-order valence-electron chi connectivity index (χ4n) is 4.19. The van der Waals surface area contributed by atoms with Gasteiger partial charge in [-0.05, 0) is 55.2 Å². The van der Waals surface area contributed by atoms with Crippen molar-refractivity contribution in [1.82, 2.24) is 4.90 Å². The Morgan fingerprint density at radius 2 is 1.97 bits per heavy atom. The molecule has 2 heterocycles. The summed E-state index contributed by atoms with van der Waals surface area (Å²) in [5.41, 5.74) is 2.10. The van der Waals surface area contributed by atoms with Gasteiger partial charge in [0.1, 0.15) is 12.6 Å². The Hall–Kier alpha value is -2.83. The maximum Gasteiger partial charge on any atom is 0.320 e. The smallest absolute Gasteiger partial charge is 0.320 e. The van der Waals surface area contributed by atoms with E-state index in [0.717, 1.165) is 29.0 Å². The topological polar surface area (TPSA) is 59.0 Å². The Balaban J connectivity index is 1.65. The predicted octanol–water partition coefficient (Wildman–Crippen LogP) is 5.28. The van der Waals surface area contributed by atoms with Crippen LogP contribution in [0.15, 0.2) is 60.7 Å². The number of hydrogen-bond acceptors (Lipinski definition) is 5. The molecular formula is C25H27NO4S. The van der Waals surface area contributed by atoms with Crippen LogP contribution in [0.5, 0.6) is 11.5 Å². The van der Waals surface area contributed by atoms with E-state index in [0.29, 0.717) is 24.5 Å². The van der Waals surface area contributed by atoms with Gasteiger partial charge in [-0.15, -0.1) is 11.3 Å². The van der Waals surface area contributed by atoms with Crippen molar-refractivity contribution >= 4 is 17.3 Å². The van der Waals surface area contributed by atoms with Gasteiger partial charge >= 0.3 is 5.97 Å². The van der Waals surface area contributed by atoms with Crippen molar-refractivity contribution in [1.29, 1.82) is 0 Å². The predicted molar refractivity (Wildman–Crippen MR) is 122 cm³/mol. The summed E-state index contributed by atoms with van der Waals surface area (Å²) in [5, 5.41) is 9.77. The first-order valence-electron chi connectivity index (χ1n) is 10.5. The Morgan fingerprint density at radius 1 is 1.16 bits per heavy atom. The van der Waals surface area contributed by atoms with Gasteiger partial charge in [0.25, 0.3) is 0 Å². The van der Waals surface area contributed by atoms with Crippen LogP contribution in [0.1, 0.15) is 39.8 Å². The molecule has 0 saturated carbocycles. The molecule has 0 aliphatic carbocycles. The number of ether oxygens (including phenoxy) is 2. The van der Waals surface area contributed by atoms with Crippen molar-refractivity contribution < 1.29 is 19.4 Å². The first kappa shape index (κ1) is 21.4. The zero-order valence-electron chi connectivity index (χ0n) is 17.8. The van der Waals surface area contributed by atoms with E-state index < -0.39 is 12.0 Å². The van der Waals surface area contributed by atoms with Crippen molar-refractivity contribution in [3.8, 4) is 11.5 Å². The minimum absolute atomic E-state index is 0.126. The van der Waals surface area contributed by atoms with E-state index in [-0.39, 0.29) is 6.04 Å². The number of methoxy groups -OCH3 is 1. The van der Waals surface area contributed by atoms with Crippen LogP contribution >= 0.6 is 11.3 Å². The molecule has 0 radical (unpaired) electrons. The van der Waals surface area contributed by atoms with E-state index in [4.69, 9.17) is 9.47 Å². The number of likely N-dealkylation sites (tertiary alicyclic amines) is 1. The van der Waals surface area contributed by atoms with E-state index in [1.54, 1.807) is 18.4 Å². The third-order valence-corrected chi connectivity index (χ3v) is 6.74. The number of nitrogens with zero attached hydrogens (tertiary/aromatic N) is 1. The molecule has 1 N–H and O–H groups in total. The number of benzene rings is 2. The molecule has 0 amide bonds. The summed E-state index contributed by atoms with van der Waals surface area (Å²) in [6, 6.07) is 19.5. The largest absolute Gasteiger partial charge is 0.493 e. The third kappa shape index (κ3) is 4.75. The normalized spacial score (nSPS) is 17.4. The molecule has 2 aromatic carbocycles. The summed E-state index contributed by atoms with van der Waals surface area (Å²) in [6.45, 7) is 3.29. The van der Waals surface area contributed by atoms with E-state index >= 15 is 0 Å². The van der Waals surface area contributed by atoms with Crippen molar-refractivity contribution in [3.05, 3.63) is 81.5 Å². The highest BCUT2D eigenvalue weighted by Crippen LogP contribution is 2.41. The highest BCUT2D eigenvalue weighted by atomic mass is 32.1. The van der Waals surface area contributed by atoms with Crippen LogP contribution in [0.2, 0.25) is 0 Å². The summed E-state index contributed by atoms with van der Waals surface area (Å²) >= 11 is 1.71. The van der Waals surface area contributed by atoms with Crippen LogP contribution in [-0.4, -0.2) is 35.7 Å². The Morgan fingerprint density at radius 3 is 2.65 bits per heavy atom. The number of carbonyl (C=O) groups is 1. The van der Waals surface area contributed by atoms with Gasteiger partial charge in [-0.2, -0.15) is 0 Å². The Kier molecular flexibility index (Phi) is 6.59. The van der Waals surface area contributed by atoms with Gasteiger partial charge in [0.2, 0.25) is 0 Å². The molecule has 5 nitrogen and oxygen atoms in total. The minimum atomic E-state index is -0.759. The summed E-state index contributed by atoms with van der Waals surface area (Å²) in [7, 11) is 1.63. The molecule has 4 rings (SSSR count). The minimum Gasteiger partial charge on any atom is -0.493 e. The standard InChI is InChI=1S/C25H27NO4S/c1-17-10-13-23(31-17)24(26-14-6-9-20(26)25(27)28)19-11-12-21(22(15-19)29-2)30-16-18-7-4-3-5-8-18/h3-5,7-8,10-13,15,20,24H,6,9,14,16H2,1-2H3,(H,27,28). The monoisotopic (exact) mass is 437 g/mol. The lowest BCUT2D eigenvalue weighted by Gasteiger charge is -2.31. The van der Waals surface area contributed by atoms with Gasteiger partial charge in [0, 0.05) is 16.3 Å². The first-order chi connectivity index (χ1) is 15.1. The second-order valence-corrected chi connectivity index (χ2v) is 9.09. The summed E-state index contributed by atoms with van der Waals surface area (Å²) in [5.74, 6) is 0.566. The quantitative estimate of drug-likeness (QED) is 0.519. The number of carboxylic acids is 1. The lowest BCUT2D eigenvalue weighted by Crippen LogP contribution is -2.39. The molecule has 31 heavy (non-hydrogen) atoms.